The second-order valence-electron chi connectivity index (χ2n) is 6.02. The highest BCUT2D eigenvalue weighted by atomic mass is 16.3. The SMILES string of the molecule is Cc1ccc2occ(C=NNC(=O)c3ccc(C)c(C)c3)c(=O)c2c1. The van der Waals surface area contributed by atoms with Gasteiger partial charge in [0.05, 0.1) is 17.2 Å². The maximum absolute atomic E-state index is 12.4. The van der Waals surface area contributed by atoms with Crippen LogP contribution in [-0.2, 0) is 0 Å². The van der Waals surface area contributed by atoms with E-state index < -0.39 is 0 Å². The van der Waals surface area contributed by atoms with Gasteiger partial charge < -0.3 is 4.42 Å². The lowest BCUT2D eigenvalue weighted by atomic mass is 10.1. The van der Waals surface area contributed by atoms with Gasteiger partial charge in [-0.2, -0.15) is 5.10 Å². The average Bonchev–Trinajstić information content (AvgIpc) is 2.59. The molecule has 0 aliphatic carbocycles. The third-order valence-electron chi connectivity index (χ3n) is 4.09. The van der Waals surface area contributed by atoms with Crippen LogP contribution in [0, 0.1) is 20.8 Å². The summed E-state index contributed by atoms with van der Waals surface area (Å²) in [5.41, 5.74) is 6.67. The van der Waals surface area contributed by atoms with E-state index in [-0.39, 0.29) is 16.9 Å². The number of hydrogen-bond acceptors (Lipinski definition) is 4. The van der Waals surface area contributed by atoms with Crippen molar-refractivity contribution in [3.8, 4) is 0 Å². The molecule has 25 heavy (non-hydrogen) atoms. The van der Waals surface area contributed by atoms with Gasteiger partial charge in [-0.05, 0) is 56.2 Å². The van der Waals surface area contributed by atoms with Gasteiger partial charge in [0.15, 0.2) is 0 Å². The van der Waals surface area contributed by atoms with E-state index in [1.54, 1.807) is 24.3 Å². The van der Waals surface area contributed by atoms with Gasteiger partial charge in [-0.15, -0.1) is 0 Å². The minimum atomic E-state index is -0.333. The Morgan fingerprint density at radius 2 is 1.88 bits per heavy atom. The number of hydrazone groups is 1. The van der Waals surface area contributed by atoms with Crippen LogP contribution in [0.15, 0.2) is 57.0 Å². The highest BCUT2D eigenvalue weighted by molar-refractivity contribution is 5.95. The summed E-state index contributed by atoms with van der Waals surface area (Å²) in [6, 6.07) is 10.8. The number of nitrogens with zero attached hydrogens (tertiary/aromatic N) is 1. The van der Waals surface area contributed by atoms with E-state index >= 15 is 0 Å². The lowest BCUT2D eigenvalue weighted by Crippen LogP contribution is -2.18. The number of amides is 1. The van der Waals surface area contributed by atoms with E-state index in [1.165, 1.54) is 12.5 Å². The standard InChI is InChI=1S/C20H18N2O3/c1-12-4-7-18-17(8-12)19(23)16(11-25-18)10-21-22-20(24)15-6-5-13(2)14(3)9-15/h4-11H,1-3H3,(H,22,24). The molecule has 0 atom stereocenters. The van der Waals surface area contributed by atoms with E-state index in [9.17, 15) is 9.59 Å². The Kier molecular flexibility index (Phi) is 4.48. The summed E-state index contributed by atoms with van der Waals surface area (Å²) in [7, 11) is 0. The molecule has 0 aliphatic rings. The molecule has 0 saturated heterocycles. The fourth-order valence-corrected chi connectivity index (χ4v) is 2.46. The van der Waals surface area contributed by atoms with Crippen molar-refractivity contribution in [1.29, 1.82) is 0 Å². The first-order valence-corrected chi connectivity index (χ1v) is 7.88. The van der Waals surface area contributed by atoms with Crippen LogP contribution >= 0.6 is 0 Å². The molecule has 0 unspecified atom stereocenters. The van der Waals surface area contributed by atoms with E-state index in [4.69, 9.17) is 4.42 Å². The van der Waals surface area contributed by atoms with Gasteiger partial charge in [0, 0.05) is 5.56 Å². The molecule has 2 aromatic carbocycles. The minimum absolute atomic E-state index is 0.186. The van der Waals surface area contributed by atoms with Gasteiger partial charge >= 0.3 is 0 Å². The van der Waals surface area contributed by atoms with Crippen LogP contribution in [0.1, 0.15) is 32.6 Å². The van der Waals surface area contributed by atoms with Crippen molar-refractivity contribution in [2.45, 2.75) is 20.8 Å². The van der Waals surface area contributed by atoms with Crippen molar-refractivity contribution < 1.29 is 9.21 Å². The molecule has 5 nitrogen and oxygen atoms in total. The Bertz CT molecular complexity index is 1050. The Morgan fingerprint density at radius 1 is 1.08 bits per heavy atom. The summed E-state index contributed by atoms with van der Waals surface area (Å²) < 4.78 is 5.45. The van der Waals surface area contributed by atoms with Crippen molar-refractivity contribution in [3.63, 3.8) is 0 Å². The molecule has 3 aromatic rings. The lowest BCUT2D eigenvalue weighted by molar-refractivity contribution is 0.0955. The number of aryl methyl sites for hydroxylation is 3. The molecule has 3 rings (SSSR count). The van der Waals surface area contributed by atoms with Crippen LogP contribution < -0.4 is 10.9 Å². The Balaban J connectivity index is 1.81. The van der Waals surface area contributed by atoms with Crippen molar-refractivity contribution >= 4 is 23.1 Å². The lowest BCUT2D eigenvalue weighted by Gasteiger charge is -2.03. The largest absolute Gasteiger partial charge is 0.463 e. The van der Waals surface area contributed by atoms with Gasteiger partial charge in [0.25, 0.3) is 5.91 Å². The summed E-state index contributed by atoms with van der Waals surface area (Å²) in [4.78, 5) is 24.6. The first-order valence-electron chi connectivity index (χ1n) is 7.88. The topological polar surface area (TPSA) is 71.7 Å². The maximum Gasteiger partial charge on any atom is 0.271 e. The Labute approximate surface area is 145 Å². The molecule has 1 N–H and O–H groups in total. The molecular weight excluding hydrogens is 316 g/mol. The number of fused-ring (bicyclic) bond motifs is 1. The normalized spacial score (nSPS) is 11.2. The van der Waals surface area contributed by atoms with E-state index in [2.05, 4.69) is 10.5 Å². The van der Waals surface area contributed by atoms with Gasteiger partial charge in [-0.1, -0.05) is 17.7 Å². The van der Waals surface area contributed by atoms with Gasteiger partial charge in [0.2, 0.25) is 5.43 Å². The third-order valence-corrected chi connectivity index (χ3v) is 4.09. The van der Waals surface area contributed by atoms with Crippen LogP contribution in [0.25, 0.3) is 11.0 Å². The molecule has 0 bridgehead atoms. The van der Waals surface area contributed by atoms with Crippen LogP contribution in [0.5, 0.6) is 0 Å². The van der Waals surface area contributed by atoms with Crippen LogP contribution in [0.2, 0.25) is 0 Å². The second-order valence-corrected chi connectivity index (χ2v) is 6.02. The molecule has 1 amide bonds. The quantitative estimate of drug-likeness (QED) is 0.589. The molecule has 0 spiro atoms. The molecule has 1 heterocycles. The first-order chi connectivity index (χ1) is 12.0. The predicted octanol–water partition coefficient (Wildman–Crippen LogP) is 3.48. The van der Waals surface area contributed by atoms with E-state index in [1.807, 2.05) is 32.9 Å². The number of carbonyl (C=O) groups excluding carboxylic acids is 1. The highest BCUT2D eigenvalue weighted by Gasteiger charge is 2.07. The number of nitrogens with one attached hydrogen (secondary N) is 1. The Hall–Kier alpha value is -3.21. The molecule has 1 aromatic heterocycles. The number of rotatable bonds is 3. The zero-order chi connectivity index (χ0) is 18.0. The van der Waals surface area contributed by atoms with E-state index in [0.717, 1.165) is 16.7 Å². The van der Waals surface area contributed by atoms with Crippen LogP contribution in [-0.4, -0.2) is 12.1 Å². The van der Waals surface area contributed by atoms with Crippen LogP contribution in [0.3, 0.4) is 0 Å². The number of carbonyl (C=O) groups is 1. The van der Waals surface area contributed by atoms with Gasteiger partial charge in [0.1, 0.15) is 11.8 Å². The first kappa shape index (κ1) is 16.6. The van der Waals surface area contributed by atoms with Crippen LogP contribution in [0.4, 0.5) is 0 Å². The zero-order valence-electron chi connectivity index (χ0n) is 14.3. The van der Waals surface area contributed by atoms with Crippen molar-refractivity contribution in [2.75, 3.05) is 0 Å². The van der Waals surface area contributed by atoms with Gasteiger partial charge in [-0.3, -0.25) is 9.59 Å². The van der Waals surface area contributed by atoms with Crippen molar-refractivity contribution in [1.82, 2.24) is 5.43 Å². The molecule has 126 valence electrons. The monoisotopic (exact) mass is 334 g/mol. The average molecular weight is 334 g/mol. The van der Waals surface area contributed by atoms with Gasteiger partial charge in [-0.25, -0.2) is 5.43 Å². The molecule has 0 aliphatic heterocycles. The zero-order valence-corrected chi connectivity index (χ0v) is 14.3. The highest BCUT2D eigenvalue weighted by Crippen LogP contribution is 2.13. The predicted molar refractivity (Wildman–Crippen MR) is 98.2 cm³/mol. The fraction of sp³-hybridized carbons (Fsp3) is 0.150. The molecule has 0 saturated carbocycles. The smallest absolute Gasteiger partial charge is 0.271 e. The summed E-state index contributed by atoms with van der Waals surface area (Å²) in [5.74, 6) is -0.333. The summed E-state index contributed by atoms with van der Waals surface area (Å²) in [6.07, 6.45) is 2.64. The molecule has 0 fully saturated rings. The minimum Gasteiger partial charge on any atom is -0.463 e. The number of benzene rings is 2. The molecular formula is C20H18N2O3. The summed E-state index contributed by atoms with van der Waals surface area (Å²) in [5, 5.41) is 4.37. The van der Waals surface area contributed by atoms with Crippen molar-refractivity contribution in [2.24, 2.45) is 5.10 Å². The Morgan fingerprint density at radius 3 is 2.64 bits per heavy atom. The third kappa shape index (κ3) is 3.50. The molecule has 5 heteroatoms. The number of hydrogen-bond donors (Lipinski definition) is 1. The summed E-state index contributed by atoms with van der Waals surface area (Å²) >= 11 is 0. The molecule has 0 radical (unpaired) electrons. The maximum atomic E-state index is 12.4. The fourth-order valence-electron chi connectivity index (χ4n) is 2.46. The van der Waals surface area contributed by atoms with E-state index in [0.29, 0.717) is 16.5 Å². The summed E-state index contributed by atoms with van der Waals surface area (Å²) in [6.45, 7) is 5.83. The van der Waals surface area contributed by atoms with Crippen molar-refractivity contribution in [3.05, 3.63) is 80.7 Å². The second kappa shape index (κ2) is 6.73.